The fraction of sp³-hybridized carbons (Fsp3) is 0.632. The molecule has 2 aromatic heterocycles. The average Bonchev–Trinajstić information content (AvgIpc) is 3.07. The first-order chi connectivity index (χ1) is 12.1. The molecule has 3 heterocycles. The topological polar surface area (TPSA) is 53.7 Å². The second-order valence-electron chi connectivity index (χ2n) is 7.43. The van der Waals surface area contributed by atoms with Crippen LogP contribution in [0.2, 0.25) is 0 Å². The van der Waals surface area contributed by atoms with Gasteiger partial charge in [-0.2, -0.15) is 0 Å². The summed E-state index contributed by atoms with van der Waals surface area (Å²) in [5.41, 5.74) is 2.17. The molecule has 0 aromatic carbocycles. The maximum absolute atomic E-state index is 11.5. The quantitative estimate of drug-likeness (QED) is 0.840. The Kier molecular flexibility index (Phi) is 4.46. The molecule has 6 nitrogen and oxygen atoms in total. The van der Waals surface area contributed by atoms with Gasteiger partial charge >= 0.3 is 0 Å². The predicted molar refractivity (Wildman–Crippen MR) is 96.5 cm³/mol. The molecule has 0 radical (unpaired) electrons. The molecule has 6 heteroatoms. The molecule has 0 bridgehead atoms. The van der Waals surface area contributed by atoms with Crippen molar-refractivity contribution in [2.24, 2.45) is 0 Å². The van der Waals surface area contributed by atoms with E-state index in [1.54, 1.807) is 6.92 Å². The van der Waals surface area contributed by atoms with Gasteiger partial charge in [0.1, 0.15) is 5.82 Å². The summed E-state index contributed by atoms with van der Waals surface area (Å²) >= 11 is 0. The zero-order chi connectivity index (χ0) is 17.4. The third kappa shape index (κ3) is 3.15. The molecule has 2 fully saturated rings. The molecule has 4 rings (SSSR count). The van der Waals surface area contributed by atoms with Crippen molar-refractivity contribution in [3.05, 3.63) is 30.1 Å². The fourth-order valence-corrected chi connectivity index (χ4v) is 4.48. The first-order valence-electron chi connectivity index (χ1n) is 9.41. The minimum absolute atomic E-state index is 0.208. The lowest BCUT2D eigenvalue weighted by molar-refractivity contribution is -0.131. The summed E-state index contributed by atoms with van der Waals surface area (Å²) in [5, 5.41) is 0. The summed E-state index contributed by atoms with van der Waals surface area (Å²) < 4.78 is 2.22. The molecule has 1 aliphatic heterocycles. The van der Waals surface area contributed by atoms with Gasteiger partial charge in [0.25, 0.3) is 0 Å². The second-order valence-corrected chi connectivity index (χ2v) is 7.43. The Morgan fingerprint density at radius 1 is 1.08 bits per heavy atom. The molecule has 0 spiro atoms. The van der Waals surface area contributed by atoms with Crippen molar-refractivity contribution in [1.29, 1.82) is 0 Å². The summed E-state index contributed by atoms with van der Waals surface area (Å²) in [6.45, 7) is 7.52. The lowest BCUT2D eigenvalue weighted by Crippen LogP contribution is -2.52. The van der Waals surface area contributed by atoms with Crippen LogP contribution in [0.25, 0.3) is 5.52 Å². The van der Waals surface area contributed by atoms with Gasteiger partial charge in [-0.05, 0) is 32.6 Å². The van der Waals surface area contributed by atoms with Crippen LogP contribution in [0.15, 0.2) is 18.6 Å². The molecule has 0 atom stereocenters. The van der Waals surface area contributed by atoms with Crippen molar-refractivity contribution in [2.75, 3.05) is 26.2 Å². The number of amides is 1. The molecule has 2 aliphatic rings. The molecule has 1 saturated carbocycles. The Labute approximate surface area is 148 Å². The molecule has 2 aromatic rings. The summed E-state index contributed by atoms with van der Waals surface area (Å²) in [4.78, 5) is 25.1. The summed E-state index contributed by atoms with van der Waals surface area (Å²) in [7, 11) is 0. The minimum Gasteiger partial charge on any atom is -0.340 e. The van der Waals surface area contributed by atoms with E-state index in [0.29, 0.717) is 12.0 Å². The van der Waals surface area contributed by atoms with Gasteiger partial charge in [0.2, 0.25) is 5.91 Å². The van der Waals surface area contributed by atoms with Crippen molar-refractivity contribution in [2.45, 2.75) is 51.5 Å². The zero-order valence-electron chi connectivity index (χ0n) is 15.2. The van der Waals surface area contributed by atoms with E-state index in [0.717, 1.165) is 37.4 Å². The number of carbonyl (C=O) groups excluding carboxylic acids is 1. The van der Waals surface area contributed by atoms with E-state index < -0.39 is 0 Å². The van der Waals surface area contributed by atoms with Crippen LogP contribution in [0.1, 0.15) is 50.0 Å². The van der Waals surface area contributed by atoms with Crippen LogP contribution in [0.5, 0.6) is 0 Å². The van der Waals surface area contributed by atoms with Gasteiger partial charge in [-0.3, -0.25) is 14.7 Å². The van der Waals surface area contributed by atoms with Crippen LogP contribution >= 0.6 is 0 Å². The predicted octanol–water partition coefficient (Wildman–Crippen LogP) is 2.23. The highest BCUT2D eigenvalue weighted by Gasteiger charge is 2.30. The summed E-state index contributed by atoms with van der Waals surface area (Å²) in [6, 6.07) is 0.667. The number of aryl methyl sites for hydroxylation is 1. The standard InChI is InChI=1S/C19H27N5O/c1-14-18-13-21-19(24(18)8-7-20-14)16-3-5-17(6-4-16)23-11-9-22(10-12-23)15(2)25/h7-8,13,16-17H,3-6,9-12H2,1-2H3. The Balaban J connectivity index is 1.38. The number of imidazole rings is 1. The first-order valence-corrected chi connectivity index (χ1v) is 9.41. The highest BCUT2D eigenvalue weighted by atomic mass is 16.2. The lowest BCUT2D eigenvalue weighted by atomic mass is 9.84. The Morgan fingerprint density at radius 2 is 1.80 bits per heavy atom. The van der Waals surface area contributed by atoms with Crippen LogP contribution in [0.4, 0.5) is 0 Å². The molecule has 0 unspecified atom stereocenters. The molecule has 134 valence electrons. The maximum atomic E-state index is 11.5. The highest BCUT2D eigenvalue weighted by molar-refractivity contribution is 5.73. The largest absolute Gasteiger partial charge is 0.340 e. The number of hydrogen-bond donors (Lipinski definition) is 0. The molecule has 25 heavy (non-hydrogen) atoms. The van der Waals surface area contributed by atoms with Crippen LogP contribution in [0.3, 0.4) is 0 Å². The van der Waals surface area contributed by atoms with E-state index in [1.807, 2.05) is 30.4 Å². The molecular weight excluding hydrogens is 314 g/mol. The Hall–Kier alpha value is -1.95. The first kappa shape index (κ1) is 16.5. The van der Waals surface area contributed by atoms with E-state index in [1.165, 1.54) is 31.5 Å². The third-order valence-corrected chi connectivity index (χ3v) is 6.02. The smallest absolute Gasteiger partial charge is 0.219 e. The van der Waals surface area contributed by atoms with Crippen molar-refractivity contribution >= 4 is 11.4 Å². The van der Waals surface area contributed by atoms with E-state index in [4.69, 9.17) is 4.98 Å². The number of fused-ring (bicyclic) bond motifs is 1. The second kappa shape index (κ2) is 6.75. The number of hydrogen-bond acceptors (Lipinski definition) is 4. The highest BCUT2D eigenvalue weighted by Crippen LogP contribution is 2.34. The van der Waals surface area contributed by atoms with Gasteiger partial charge in [0.05, 0.1) is 17.4 Å². The third-order valence-electron chi connectivity index (χ3n) is 6.02. The van der Waals surface area contributed by atoms with E-state index in [9.17, 15) is 4.79 Å². The maximum Gasteiger partial charge on any atom is 0.219 e. The van der Waals surface area contributed by atoms with Gasteiger partial charge in [-0.1, -0.05) is 0 Å². The van der Waals surface area contributed by atoms with Gasteiger partial charge < -0.3 is 9.30 Å². The number of rotatable bonds is 2. The van der Waals surface area contributed by atoms with Gasteiger partial charge in [0.15, 0.2) is 0 Å². The summed E-state index contributed by atoms with van der Waals surface area (Å²) in [6.07, 6.45) is 10.7. The Bertz CT molecular complexity index is 754. The van der Waals surface area contributed by atoms with Gasteiger partial charge in [-0.25, -0.2) is 4.98 Å². The molecule has 1 amide bonds. The lowest BCUT2D eigenvalue weighted by Gasteiger charge is -2.41. The van der Waals surface area contributed by atoms with Crippen LogP contribution in [-0.4, -0.2) is 62.3 Å². The van der Waals surface area contributed by atoms with Crippen LogP contribution < -0.4 is 0 Å². The SMILES string of the molecule is CC(=O)N1CCN(C2CCC(c3ncc4c(C)nccn34)CC2)CC1. The zero-order valence-corrected chi connectivity index (χ0v) is 15.2. The van der Waals surface area contributed by atoms with E-state index >= 15 is 0 Å². The van der Waals surface area contributed by atoms with E-state index in [2.05, 4.69) is 14.3 Å². The van der Waals surface area contributed by atoms with Gasteiger partial charge in [-0.15, -0.1) is 0 Å². The Morgan fingerprint density at radius 3 is 2.48 bits per heavy atom. The van der Waals surface area contributed by atoms with Crippen LogP contribution in [-0.2, 0) is 4.79 Å². The van der Waals surface area contributed by atoms with Crippen molar-refractivity contribution in [1.82, 2.24) is 24.2 Å². The van der Waals surface area contributed by atoms with E-state index in [-0.39, 0.29) is 5.91 Å². The molecule has 1 aliphatic carbocycles. The van der Waals surface area contributed by atoms with Crippen molar-refractivity contribution in [3.63, 3.8) is 0 Å². The molecule has 1 saturated heterocycles. The summed E-state index contributed by atoms with van der Waals surface area (Å²) in [5.74, 6) is 1.94. The number of piperazine rings is 1. The normalized spacial score (nSPS) is 25.4. The van der Waals surface area contributed by atoms with Crippen molar-refractivity contribution in [3.8, 4) is 0 Å². The average molecular weight is 341 g/mol. The van der Waals surface area contributed by atoms with Gasteiger partial charge in [0, 0.05) is 57.5 Å². The fourth-order valence-electron chi connectivity index (χ4n) is 4.48. The number of aromatic nitrogens is 3. The minimum atomic E-state index is 0.208. The monoisotopic (exact) mass is 341 g/mol. The molecular formula is C19H27N5O. The number of carbonyl (C=O) groups is 1. The van der Waals surface area contributed by atoms with Crippen molar-refractivity contribution < 1.29 is 4.79 Å². The number of nitrogens with zero attached hydrogens (tertiary/aromatic N) is 5. The molecule has 0 N–H and O–H groups in total. The van der Waals surface area contributed by atoms with Crippen LogP contribution in [0, 0.1) is 6.92 Å².